The number of carbonyl (C=O) groups excluding carboxylic acids is 1. The number of amides is 1. The topological polar surface area (TPSA) is 70.2 Å². The van der Waals surface area contributed by atoms with E-state index in [2.05, 4.69) is 37.6 Å². The van der Waals surface area contributed by atoms with Crippen LogP contribution in [-0.4, -0.2) is 34.5 Å². The fourth-order valence-electron chi connectivity index (χ4n) is 3.01. The zero-order valence-corrected chi connectivity index (χ0v) is 15.7. The van der Waals surface area contributed by atoms with Crippen LogP contribution in [0.3, 0.4) is 0 Å². The van der Waals surface area contributed by atoms with E-state index < -0.39 is 0 Å². The minimum Gasteiger partial charge on any atom is -0.372 e. The second-order valence-electron chi connectivity index (χ2n) is 7.71. The summed E-state index contributed by atoms with van der Waals surface area (Å²) in [5.41, 5.74) is 2.23. The third-order valence-electron chi connectivity index (χ3n) is 4.25. The van der Waals surface area contributed by atoms with Crippen molar-refractivity contribution in [2.75, 3.05) is 23.3 Å². The molecule has 1 aromatic carbocycles. The van der Waals surface area contributed by atoms with Crippen LogP contribution in [0.5, 0.6) is 0 Å². The van der Waals surface area contributed by atoms with Crippen LogP contribution in [0.15, 0.2) is 36.7 Å². The Hall–Kier alpha value is -2.63. The number of aromatic nitrogens is 2. The molecule has 0 bridgehead atoms. The zero-order valence-electron chi connectivity index (χ0n) is 15.7. The largest absolute Gasteiger partial charge is 0.372 e. The molecule has 2 N–H and O–H groups in total. The third kappa shape index (κ3) is 4.94. The maximum absolute atomic E-state index is 12.2. The van der Waals surface area contributed by atoms with E-state index in [4.69, 9.17) is 0 Å². The average Bonchev–Trinajstić information content (AvgIpc) is 2.62. The number of anilines is 3. The molecule has 1 aromatic heterocycles. The summed E-state index contributed by atoms with van der Waals surface area (Å²) in [7, 11) is 0. The maximum atomic E-state index is 12.2. The highest BCUT2D eigenvalue weighted by molar-refractivity contribution is 5.93. The van der Waals surface area contributed by atoms with Crippen molar-refractivity contribution < 1.29 is 4.79 Å². The predicted molar refractivity (Wildman–Crippen MR) is 105 cm³/mol. The molecule has 1 aliphatic rings. The molecule has 0 spiro atoms. The van der Waals surface area contributed by atoms with Gasteiger partial charge in [-0.1, -0.05) is 0 Å². The summed E-state index contributed by atoms with van der Waals surface area (Å²) in [6.45, 7) is 8.08. The van der Waals surface area contributed by atoms with E-state index in [1.165, 1.54) is 31.3 Å². The van der Waals surface area contributed by atoms with Crippen LogP contribution in [0.25, 0.3) is 0 Å². The second-order valence-corrected chi connectivity index (χ2v) is 7.71. The molecule has 6 nitrogen and oxygen atoms in total. The van der Waals surface area contributed by atoms with Crippen LogP contribution in [0.4, 0.5) is 17.2 Å². The summed E-state index contributed by atoms with van der Waals surface area (Å²) in [5.74, 6) is 0.396. The van der Waals surface area contributed by atoms with Gasteiger partial charge in [0, 0.05) is 36.1 Å². The zero-order chi connectivity index (χ0) is 18.6. The number of rotatable bonds is 4. The maximum Gasteiger partial charge on any atom is 0.270 e. The summed E-state index contributed by atoms with van der Waals surface area (Å²) in [5, 5.41) is 6.15. The van der Waals surface area contributed by atoms with E-state index >= 15 is 0 Å². The molecule has 1 amide bonds. The quantitative estimate of drug-likeness (QED) is 0.876. The number of hydrogen-bond donors (Lipinski definition) is 2. The lowest BCUT2D eigenvalue weighted by Gasteiger charge is -2.28. The number of nitrogens with one attached hydrogen (secondary N) is 2. The Morgan fingerprint density at radius 1 is 1.04 bits per heavy atom. The van der Waals surface area contributed by atoms with Crippen LogP contribution in [0.1, 0.15) is 50.5 Å². The average molecular weight is 353 g/mol. The molecule has 6 heteroatoms. The van der Waals surface area contributed by atoms with Crippen LogP contribution in [0.2, 0.25) is 0 Å². The Morgan fingerprint density at radius 3 is 2.38 bits per heavy atom. The first-order valence-electron chi connectivity index (χ1n) is 9.17. The minimum atomic E-state index is -0.306. The third-order valence-corrected chi connectivity index (χ3v) is 4.25. The van der Waals surface area contributed by atoms with Crippen molar-refractivity contribution in [3.8, 4) is 0 Å². The van der Waals surface area contributed by atoms with E-state index in [9.17, 15) is 4.79 Å². The van der Waals surface area contributed by atoms with E-state index in [0.29, 0.717) is 11.5 Å². The molecule has 3 rings (SSSR count). The Balaban J connectivity index is 1.67. The number of piperidine rings is 1. The number of hydrogen-bond acceptors (Lipinski definition) is 5. The van der Waals surface area contributed by atoms with Gasteiger partial charge >= 0.3 is 0 Å². The van der Waals surface area contributed by atoms with Gasteiger partial charge in [-0.05, 0) is 64.3 Å². The van der Waals surface area contributed by atoms with Crippen molar-refractivity contribution in [2.45, 2.75) is 45.6 Å². The Bertz CT molecular complexity index is 746. The lowest BCUT2D eigenvalue weighted by molar-refractivity contribution is 0.0914. The van der Waals surface area contributed by atoms with Gasteiger partial charge < -0.3 is 15.5 Å². The van der Waals surface area contributed by atoms with Crippen LogP contribution < -0.4 is 15.5 Å². The Kier molecular flexibility index (Phi) is 5.40. The minimum absolute atomic E-state index is 0.205. The molecule has 2 heterocycles. The van der Waals surface area contributed by atoms with Crippen LogP contribution in [0, 0.1) is 0 Å². The van der Waals surface area contributed by atoms with Gasteiger partial charge in [0.25, 0.3) is 5.91 Å². The van der Waals surface area contributed by atoms with Crippen molar-refractivity contribution in [2.24, 2.45) is 0 Å². The van der Waals surface area contributed by atoms with Crippen molar-refractivity contribution in [1.82, 2.24) is 15.3 Å². The molecule has 1 fully saturated rings. The number of nitrogens with zero attached hydrogens (tertiary/aromatic N) is 3. The van der Waals surface area contributed by atoms with Gasteiger partial charge in [0.1, 0.15) is 17.8 Å². The highest BCUT2D eigenvalue weighted by Gasteiger charge is 2.17. The van der Waals surface area contributed by atoms with Crippen molar-refractivity contribution in [3.63, 3.8) is 0 Å². The van der Waals surface area contributed by atoms with Gasteiger partial charge in [-0.2, -0.15) is 0 Å². The Morgan fingerprint density at radius 2 is 1.73 bits per heavy atom. The van der Waals surface area contributed by atoms with Crippen molar-refractivity contribution >= 4 is 23.1 Å². The summed E-state index contributed by atoms with van der Waals surface area (Å²) >= 11 is 0. The summed E-state index contributed by atoms with van der Waals surface area (Å²) in [6, 6.07) is 10.0. The monoisotopic (exact) mass is 353 g/mol. The molecular formula is C20H27N5O. The smallest absolute Gasteiger partial charge is 0.270 e. The molecule has 0 unspecified atom stereocenters. The molecule has 138 valence electrons. The predicted octanol–water partition coefficient (Wildman–Crippen LogP) is 3.74. The molecule has 2 aromatic rings. The van der Waals surface area contributed by atoms with Crippen molar-refractivity contribution in [3.05, 3.63) is 42.4 Å². The molecule has 0 saturated carbocycles. The first-order valence-corrected chi connectivity index (χ1v) is 9.17. The van der Waals surface area contributed by atoms with Gasteiger partial charge in [0.15, 0.2) is 0 Å². The fraction of sp³-hybridized carbons (Fsp3) is 0.450. The SMILES string of the molecule is CC(C)(C)NC(=O)c1cc(Nc2ccc(N3CCCCC3)cc2)ncn1. The normalized spacial score (nSPS) is 14.8. The highest BCUT2D eigenvalue weighted by atomic mass is 16.2. The van der Waals surface area contributed by atoms with Gasteiger partial charge in [-0.25, -0.2) is 9.97 Å². The lowest BCUT2D eigenvalue weighted by Crippen LogP contribution is -2.40. The summed E-state index contributed by atoms with van der Waals surface area (Å²) in [4.78, 5) is 23.0. The standard InChI is InChI=1S/C20H27N5O/c1-20(2,3)24-19(26)17-13-18(22-14-21-17)23-15-7-9-16(10-8-15)25-11-5-4-6-12-25/h7-10,13-14H,4-6,11-12H2,1-3H3,(H,24,26)(H,21,22,23). The molecule has 1 saturated heterocycles. The first kappa shape index (κ1) is 18.2. The molecule has 1 aliphatic heterocycles. The van der Waals surface area contributed by atoms with E-state index in [0.717, 1.165) is 18.8 Å². The fourth-order valence-corrected chi connectivity index (χ4v) is 3.01. The van der Waals surface area contributed by atoms with Gasteiger partial charge in [-0.15, -0.1) is 0 Å². The lowest BCUT2D eigenvalue weighted by atomic mass is 10.1. The van der Waals surface area contributed by atoms with Gasteiger partial charge in [-0.3, -0.25) is 4.79 Å². The Labute approximate surface area is 155 Å². The van der Waals surface area contributed by atoms with Gasteiger partial charge in [0.2, 0.25) is 0 Å². The van der Waals surface area contributed by atoms with E-state index in [-0.39, 0.29) is 11.4 Å². The first-order chi connectivity index (χ1) is 12.4. The van der Waals surface area contributed by atoms with Crippen LogP contribution in [-0.2, 0) is 0 Å². The molecule has 0 aliphatic carbocycles. The molecule has 0 radical (unpaired) electrons. The highest BCUT2D eigenvalue weighted by Crippen LogP contribution is 2.23. The number of carbonyl (C=O) groups is 1. The van der Waals surface area contributed by atoms with E-state index in [1.54, 1.807) is 6.07 Å². The summed E-state index contributed by atoms with van der Waals surface area (Å²) in [6.07, 6.45) is 5.26. The number of benzene rings is 1. The van der Waals surface area contributed by atoms with Gasteiger partial charge in [0.05, 0.1) is 0 Å². The van der Waals surface area contributed by atoms with Crippen LogP contribution >= 0.6 is 0 Å². The molecule has 26 heavy (non-hydrogen) atoms. The molecular weight excluding hydrogens is 326 g/mol. The second kappa shape index (κ2) is 7.72. The summed E-state index contributed by atoms with van der Waals surface area (Å²) < 4.78 is 0. The van der Waals surface area contributed by atoms with E-state index in [1.807, 2.05) is 32.9 Å². The molecule has 0 atom stereocenters. The van der Waals surface area contributed by atoms with Crippen molar-refractivity contribution in [1.29, 1.82) is 0 Å².